The van der Waals surface area contributed by atoms with Gasteiger partial charge in [-0.1, -0.05) is 20.8 Å². The number of aliphatic carboxylic acids is 1. The number of hydrogen-bond acceptors (Lipinski definition) is 4. The summed E-state index contributed by atoms with van der Waals surface area (Å²) in [5, 5.41) is 9.54. The number of rotatable bonds is 4. The molecule has 0 aliphatic carbocycles. The van der Waals surface area contributed by atoms with Crippen molar-refractivity contribution in [1.29, 1.82) is 0 Å². The minimum absolute atomic E-state index is 0.344. The fraction of sp³-hybridized carbons (Fsp3) is 0.667. The van der Waals surface area contributed by atoms with Crippen molar-refractivity contribution in [1.82, 2.24) is 9.97 Å². The van der Waals surface area contributed by atoms with Crippen molar-refractivity contribution in [3.63, 3.8) is 0 Å². The Kier molecular flexibility index (Phi) is 4.26. The van der Waals surface area contributed by atoms with Crippen LogP contribution in [0, 0.1) is 5.41 Å². The van der Waals surface area contributed by atoms with Crippen LogP contribution in [0.3, 0.4) is 0 Å². The van der Waals surface area contributed by atoms with Crippen molar-refractivity contribution in [2.75, 3.05) is 18.0 Å². The highest BCUT2D eigenvalue weighted by Gasteiger charge is 2.41. The number of nitrogens with zero attached hydrogens (tertiary/aromatic N) is 3. The smallest absolute Gasteiger partial charge is 0.311 e. The molecule has 2 rings (SSSR count). The summed E-state index contributed by atoms with van der Waals surface area (Å²) in [6.07, 6.45) is 3.87. The van der Waals surface area contributed by atoms with Crippen molar-refractivity contribution in [2.45, 2.75) is 46.0 Å². The summed E-state index contributed by atoms with van der Waals surface area (Å²) in [4.78, 5) is 22.3. The maximum absolute atomic E-state index is 11.6. The van der Waals surface area contributed by atoms with E-state index < -0.39 is 11.4 Å². The molecule has 1 fully saturated rings. The summed E-state index contributed by atoms with van der Waals surface area (Å²) in [6.45, 7) is 7.54. The molecule has 0 radical (unpaired) electrons. The molecule has 0 amide bonds. The largest absolute Gasteiger partial charge is 0.481 e. The molecule has 1 aromatic heterocycles. The third kappa shape index (κ3) is 2.76. The third-order valence-corrected chi connectivity index (χ3v) is 4.30. The van der Waals surface area contributed by atoms with Crippen LogP contribution < -0.4 is 4.90 Å². The lowest BCUT2D eigenvalue weighted by atomic mass is 9.77. The first-order valence-corrected chi connectivity index (χ1v) is 7.29. The Bertz CT molecular complexity index is 490. The number of carboxylic acid groups (broad SMARTS) is 1. The van der Waals surface area contributed by atoms with Crippen LogP contribution in [0.1, 0.15) is 51.6 Å². The molecule has 1 atom stereocenters. The van der Waals surface area contributed by atoms with Gasteiger partial charge < -0.3 is 10.0 Å². The molecule has 1 aliphatic rings. The molecule has 5 heteroatoms. The predicted octanol–water partition coefficient (Wildman–Crippen LogP) is 2.68. The zero-order valence-electron chi connectivity index (χ0n) is 12.5. The molecule has 5 nitrogen and oxygen atoms in total. The Hall–Kier alpha value is -1.65. The maximum Gasteiger partial charge on any atom is 0.311 e. The summed E-state index contributed by atoms with van der Waals surface area (Å²) in [7, 11) is 0. The molecule has 1 aliphatic heterocycles. The van der Waals surface area contributed by atoms with E-state index in [9.17, 15) is 9.90 Å². The number of aromatic nitrogens is 2. The quantitative estimate of drug-likeness (QED) is 0.916. The highest BCUT2D eigenvalue weighted by molar-refractivity contribution is 5.76. The number of anilines is 1. The first-order chi connectivity index (χ1) is 9.48. The van der Waals surface area contributed by atoms with Gasteiger partial charge in [0.1, 0.15) is 12.1 Å². The average molecular weight is 277 g/mol. The molecular weight excluding hydrogens is 254 g/mol. The van der Waals surface area contributed by atoms with Gasteiger partial charge in [0.25, 0.3) is 0 Å². The molecule has 1 saturated heterocycles. The van der Waals surface area contributed by atoms with Crippen molar-refractivity contribution in [2.24, 2.45) is 5.41 Å². The topological polar surface area (TPSA) is 66.3 Å². The fourth-order valence-corrected chi connectivity index (χ4v) is 2.79. The van der Waals surface area contributed by atoms with Crippen LogP contribution in [0.25, 0.3) is 0 Å². The van der Waals surface area contributed by atoms with Gasteiger partial charge in [-0.2, -0.15) is 0 Å². The first kappa shape index (κ1) is 14.8. The minimum Gasteiger partial charge on any atom is -0.481 e. The van der Waals surface area contributed by atoms with Crippen LogP contribution >= 0.6 is 0 Å². The molecule has 20 heavy (non-hydrogen) atoms. The van der Waals surface area contributed by atoms with Gasteiger partial charge in [0.15, 0.2) is 0 Å². The zero-order chi connectivity index (χ0) is 14.8. The van der Waals surface area contributed by atoms with Gasteiger partial charge in [-0.3, -0.25) is 4.79 Å². The second-order valence-electron chi connectivity index (χ2n) is 5.92. The average Bonchev–Trinajstić information content (AvgIpc) is 2.47. The minimum atomic E-state index is -0.692. The highest BCUT2D eigenvalue weighted by Crippen LogP contribution is 2.35. The SMILES string of the molecule is CCC1(C(=O)O)CCCN(c2cc(C(C)C)ncn2)C1. The first-order valence-electron chi connectivity index (χ1n) is 7.29. The summed E-state index contributed by atoms with van der Waals surface area (Å²) in [5.74, 6) is 0.502. The zero-order valence-corrected chi connectivity index (χ0v) is 12.5. The van der Waals surface area contributed by atoms with Crippen LogP contribution in [0.4, 0.5) is 5.82 Å². The van der Waals surface area contributed by atoms with E-state index in [-0.39, 0.29) is 0 Å². The van der Waals surface area contributed by atoms with Crippen LogP contribution in [-0.4, -0.2) is 34.1 Å². The van der Waals surface area contributed by atoms with Gasteiger partial charge in [-0.15, -0.1) is 0 Å². The van der Waals surface area contributed by atoms with Gasteiger partial charge in [0.2, 0.25) is 0 Å². The Balaban J connectivity index is 2.25. The monoisotopic (exact) mass is 277 g/mol. The molecule has 110 valence electrons. The lowest BCUT2D eigenvalue weighted by molar-refractivity contribution is -0.149. The van der Waals surface area contributed by atoms with Gasteiger partial charge in [0.05, 0.1) is 5.41 Å². The highest BCUT2D eigenvalue weighted by atomic mass is 16.4. The molecule has 2 heterocycles. The second-order valence-corrected chi connectivity index (χ2v) is 5.92. The molecule has 1 N–H and O–H groups in total. The standard InChI is InChI=1S/C15H23N3O2/c1-4-15(14(19)20)6-5-7-18(9-15)13-8-12(11(2)3)16-10-17-13/h8,10-11H,4-7,9H2,1-3H3,(H,19,20). The normalized spacial score (nSPS) is 23.1. The predicted molar refractivity (Wildman–Crippen MR) is 77.9 cm³/mol. The Labute approximate surface area is 120 Å². The van der Waals surface area contributed by atoms with Gasteiger partial charge in [-0.05, 0) is 25.2 Å². The van der Waals surface area contributed by atoms with E-state index in [1.807, 2.05) is 13.0 Å². The van der Waals surface area contributed by atoms with Crippen LogP contribution in [0.15, 0.2) is 12.4 Å². The Morgan fingerprint density at radius 3 is 2.85 bits per heavy atom. The molecule has 0 saturated carbocycles. The van der Waals surface area contributed by atoms with Crippen LogP contribution in [0.5, 0.6) is 0 Å². The fourth-order valence-electron chi connectivity index (χ4n) is 2.79. The van der Waals surface area contributed by atoms with Gasteiger partial charge >= 0.3 is 5.97 Å². The number of hydrogen-bond donors (Lipinski definition) is 1. The van der Waals surface area contributed by atoms with Crippen molar-refractivity contribution in [3.05, 3.63) is 18.1 Å². The van der Waals surface area contributed by atoms with E-state index in [0.29, 0.717) is 18.9 Å². The van der Waals surface area contributed by atoms with Crippen LogP contribution in [0.2, 0.25) is 0 Å². The van der Waals surface area contributed by atoms with E-state index in [1.54, 1.807) is 6.33 Å². The van der Waals surface area contributed by atoms with Crippen LogP contribution in [-0.2, 0) is 4.79 Å². The van der Waals surface area contributed by atoms with Crippen molar-refractivity contribution >= 4 is 11.8 Å². The summed E-state index contributed by atoms with van der Waals surface area (Å²) < 4.78 is 0. The number of carboxylic acids is 1. The summed E-state index contributed by atoms with van der Waals surface area (Å²) >= 11 is 0. The Morgan fingerprint density at radius 2 is 2.25 bits per heavy atom. The van der Waals surface area contributed by atoms with Crippen molar-refractivity contribution < 1.29 is 9.90 Å². The molecule has 0 aromatic carbocycles. The lowest BCUT2D eigenvalue weighted by Gasteiger charge is -2.40. The molecule has 1 aromatic rings. The van der Waals surface area contributed by atoms with E-state index in [0.717, 1.165) is 30.9 Å². The van der Waals surface area contributed by atoms with E-state index in [2.05, 4.69) is 28.7 Å². The van der Waals surface area contributed by atoms with E-state index in [1.165, 1.54) is 0 Å². The Morgan fingerprint density at radius 1 is 1.50 bits per heavy atom. The third-order valence-electron chi connectivity index (χ3n) is 4.30. The lowest BCUT2D eigenvalue weighted by Crippen LogP contribution is -2.48. The second kappa shape index (κ2) is 5.77. The van der Waals surface area contributed by atoms with Crippen molar-refractivity contribution in [3.8, 4) is 0 Å². The summed E-state index contributed by atoms with van der Waals surface area (Å²) in [5.41, 5.74) is 0.360. The number of piperidine rings is 1. The number of carbonyl (C=O) groups is 1. The maximum atomic E-state index is 11.6. The van der Waals surface area contributed by atoms with Gasteiger partial charge in [0, 0.05) is 24.8 Å². The van der Waals surface area contributed by atoms with E-state index in [4.69, 9.17) is 0 Å². The molecule has 0 spiro atoms. The molecule has 0 bridgehead atoms. The van der Waals surface area contributed by atoms with Gasteiger partial charge in [-0.25, -0.2) is 9.97 Å². The summed E-state index contributed by atoms with van der Waals surface area (Å²) in [6, 6.07) is 1.98. The van der Waals surface area contributed by atoms with E-state index >= 15 is 0 Å². The molecular formula is C15H23N3O2. The molecule has 1 unspecified atom stereocenters.